The number of carbonyl (C=O) groups is 3. The van der Waals surface area contributed by atoms with Crippen LogP contribution in [0.1, 0.15) is 64.2 Å². The van der Waals surface area contributed by atoms with E-state index in [4.69, 9.17) is 21.9 Å². The molecule has 0 saturated heterocycles. The lowest BCUT2D eigenvalue weighted by molar-refractivity contribution is -0.124. The molecule has 2 aliphatic carbocycles. The van der Waals surface area contributed by atoms with Crippen LogP contribution in [0.25, 0.3) is 10.1 Å². The standard InChI is InChI=1S/C32H33N5O4S/c1-16-14-21(41-20-6-4-3-5-7-20)10-11-22(16)32(35)23-12-13-24(33)28-25(23)26(27(34)30(32)39)29(42-28)31(40)37-19-9-8-18(15-19)36-17(2)38/h3-7,10-14,18-19,27H,8-9,15,33-35H2,1-2H3,(H,36,38)(H,37,40)/t18-,19-,27?,32?/m1/s1. The predicted octanol–water partition coefficient (Wildman–Crippen LogP) is 4.16. The van der Waals surface area contributed by atoms with E-state index in [0.29, 0.717) is 55.3 Å². The third-order valence-electron chi connectivity index (χ3n) is 8.30. The van der Waals surface area contributed by atoms with Crippen molar-refractivity contribution < 1.29 is 19.1 Å². The van der Waals surface area contributed by atoms with Gasteiger partial charge in [0.25, 0.3) is 5.91 Å². The molecule has 4 atom stereocenters. The molecule has 2 unspecified atom stereocenters. The quantitative estimate of drug-likeness (QED) is 0.213. The molecule has 0 bridgehead atoms. The van der Waals surface area contributed by atoms with Gasteiger partial charge in [-0.25, -0.2) is 0 Å². The lowest BCUT2D eigenvalue weighted by Gasteiger charge is -2.37. The molecule has 42 heavy (non-hydrogen) atoms. The van der Waals surface area contributed by atoms with E-state index in [1.54, 1.807) is 24.3 Å². The Morgan fingerprint density at radius 2 is 1.67 bits per heavy atom. The van der Waals surface area contributed by atoms with Crippen LogP contribution in [0, 0.1) is 6.92 Å². The summed E-state index contributed by atoms with van der Waals surface area (Å²) < 4.78 is 6.67. The van der Waals surface area contributed by atoms with Crippen LogP contribution in [-0.4, -0.2) is 29.7 Å². The number of amides is 2. The SMILES string of the molecule is CC(=O)N[C@@H]1CC[C@@H](NC(=O)c2sc3c(N)ccc4c3c2C(N)C(=O)C4(N)c2ccc(Oc3ccccc3)cc2C)C1. The largest absolute Gasteiger partial charge is 0.457 e. The molecule has 216 valence electrons. The number of hydrogen-bond donors (Lipinski definition) is 5. The third kappa shape index (κ3) is 4.61. The Kier molecular flexibility index (Phi) is 7.00. The summed E-state index contributed by atoms with van der Waals surface area (Å²) in [5.41, 5.74) is 21.4. The van der Waals surface area contributed by atoms with Crippen molar-refractivity contribution in [3.63, 3.8) is 0 Å². The Balaban J connectivity index is 1.38. The predicted molar refractivity (Wildman–Crippen MR) is 164 cm³/mol. The van der Waals surface area contributed by atoms with Crippen LogP contribution in [0.5, 0.6) is 11.5 Å². The summed E-state index contributed by atoms with van der Waals surface area (Å²) in [5.74, 6) is 0.507. The highest BCUT2D eigenvalue weighted by molar-refractivity contribution is 7.21. The van der Waals surface area contributed by atoms with Gasteiger partial charge in [-0.3, -0.25) is 14.4 Å². The number of nitrogen functional groups attached to an aromatic ring is 1. The number of anilines is 1. The van der Waals surface area contributed by atoms with Gasteiger partial charge >= 0.3 is 0 Å². The molecule has 1 fully saturated rings. The molecule has 1 saturated carbocycles. The summed E-state index contributed by atoms with van der Waals surface area (Å²) in [6.07, 6.45) is 2.16. The molecule has 0 radical (unpaired) electrons. The number of para-hydroxylation sites is 1. The summed E-state index contributed by atoms with van der Waals surface area (Å²) in [4.78, 5) is 39.6. The average molecular weight is 584 g/mol. The van der Waals surface area contributed by atoms with Crippen molar-refractivity contribution in [3.05, 3.63) is 87.8 Å². The molecule has 2 aliphatic rings. The maximum atomic E-state index is 14.1. The first-order chi connectivity index (χ1) is 20.1. The summed E-state index contributed by atoms with van der Waals surface area (Å²) in [6.45, 7) is 3.37. The van der Waals surface area contributed by atoms with Crippen molar-refractivity contribution in [2.75, 3.05) is 5.73 Å². The molecule has 3 aromatic carbocycles. The smallest absolute Gasteiger partial charge is 0.261 e. The van der Waals surface area contributed by atoms with Crippen molar-refractivity contribution in [2.24, 2.45) is 11.5 Å². The van der Waals surface area contributed by atoms with E-state index < -0.39 is 17.4 Å². The topological polar surface area (TPSA) is 163 Å². The summed E-state index contributed by atoms with van der Waals surface area (Å²) in [5, 5.41) is 6.67. The van der Waals surface area contributed by atoms with E-state index in [2.05, 4.69) is 10.6 Å². The van der Waals surface area contributed by atoms with E-state index in [9.17, 15) is 14.4 Å². The van der Waals surface area contributed by atoms with E-state index in [1.807, 2.05) is 43.3 Å². The summed E-state index contributed by atoms with van der Waals surface area (Å²) in [7, 11) is 0. The number of nitrogens with one attached hydrogen (secondary N) is 2. The first-order valence-electron chi connectivity index (χ1n) is 13.9. The van der Waals surface area contributed by atoms with Crippen molar-refractivity contribution in [1.82, 2.24) is 10.6 Å². The number of ketones is 1. The molecule has 9 nitrogen and oxygen atoms in total. The van der Waals surface area contributed by atoms with Crippen LogP contribution in [0.15, 0.2) is 60.7 Å². The highest BCUT2D eigenvalue weighted by Gasteiger charge is 2.49. The fourth-order valence-corrected chi connectivity index (χ4v) is 7.58. The van der Waals surface area contributed by atoms with Gasteiger partial charge in [-0.15, -0.1) is 11.3 Å². The normalized spacial score (nSPS) is 23.1. The van der Waals surface area contributed by atoms with E-state index in [0.717, 1.165) is 18.4 Å². The van der Waals surface area contributed by atoms with Gasteiger partial charge in [-0.05, 0) is 73.2 Å². The molecule has 0 aliphatic heterocycles. The van der Waals surface area contributed by atoms with Crippen molar-refractivity contribution in [1.29, 1.82) is 0 Å². The monoisotopic (exact) mass is 583 g/mol. The zero-order chi connectivity index (χ0) is 29.8. The van der Waals surface area contributed by atoms with Crippen LogP contribution in [-0.2, 0) is 15.1 Å². The number of benzene rings is 3. The molecule has 10 heteroatoms. The lowest BCUT2D eigenvalue weighted by atomic mass is 9.69. The lowest BCUT2D eigenvalue weighted by Crippen LogP contribution is -2.53. The van der Waals surface area contributed by atoms with Crippen LogP contribution in [0.4, 0.5) is 5.69 Å². The minimum atomic E-state index is -1.56. The second kappa shape index (κ2) is 10.5. The summed E-state index contributed by atoms with van der Waals surface area (Å²) in [6, 6.07) is 17.1. The van der Waals surface area contributed by atoms with Crippen LogP contribution >= 0.6 is 11.3 Å². The second-order valence-corrected chi connectivity index (χ2v) is 12.2. The number of thiophene rings is 1. The molecule has 2 amide bonds. The highest BCUT2D eigenvalue weighted by atomic mass is 32.1. The fraction of sp³-hybridized carbons (Fsp3) is 0.281. The van der Waals surface area contributed by atoms with Gasteiger partial charge < -0.3 is 32.6 Å². The molecule has 1 aromatic heterocycles. The molecule has 8 N–H and O–H groups in total. The first kappa shape index (κ1) is 27.9. The number of carbonyl (C=O) groups excluding carboxylic acids is 3. The Morgan fingerprint density at radius 1 is 0.976 bits per heavy atom. The molecule has 4 aromatic rings. The molecular formula is C32H33N5O4S. The summed E-state index contributed by atoms with van der Waals surface area (Å²) >= 11 is 1.23. The molecule has 1 heterocycles. The minimum absolute atomic E-state index is 0.0187. The van der Waals surface area contributed by atoms with Gasteiger partial charge in [-0.1, -0.05) is 30.3 Å². The zero-order valence-electron chi connectivity index (χ0n) is 23.4. The second-order valence-electron chi connectivity index (χ2n) is 11.2. The average Bonchev–Trinajstić information content (AvgIpc) is 3.57. The number of rotatable bonds is 6. The first-order valence-corrected chi connectivity index (χ1v) is 14.8. The van der Waals surface area contributed by atoms with Gasteiger partial charge in [0, 0.05) is 35.6 Å². The van der Waals surface area contributed by atoms with Crippen molar-refractivity contribution >= 4 is 44.7 Å². The zero-order valence-corrected chi connectivity index (χ0v) is 24.2. The van der Waals surface area contributed by atoms with E-state index in [-0.39, 0.29) is 23.9 Å². The van der Waals surface area contributed by atoms with Crippen LogP contribution in [0.2, 0.25) is 0 Å². The molecule has 6 rings (SSSR count). The van der Waals surface area contributed by atoms with Crippen LogP contribution in [0.3, 0.4) is 0 Å². The van der Waals surface area contributed by atoms with E-state index >= 15 is 0 Å². The van der Waals surface area contributed by atoms with Gasteiger partial charge in [0.05, 0.1) is 15.6 Å². The van der Waals surface area contributed by atoms with Crippen LogP contribution < -0.4 is 32.6 Å². The van der Waals surface area contributed by atoms with Gasteiger partial charge in [0.1, 0.15) is 17.0 Å². The third-order valence-corrected chi connectivity index (χ3v) is 9.55. The Hall–Kier alpha value is -4.25. The number of Topliss-reactive ketones (excluding diaryl/α,β-unsaturated/α-hetero) is 1. The highest BCUT2D eigenvalue weighted by Crippen LogP contribution is 2.50. The Bertz CT molecular complexity index is 1740. The number of aryl methyl sites for hydroxylation is 1. The molecular weight excluding hydrogens is 550 g/mol. The minimum Gasteiger partial charge on any atom is -0.457 e. The number of nitrogens with two attached hydrogens (primary N) is 3. The van der Waals surface area contributed by atoms with Gasteiger partial charge in [-0.2, -0.15) is 0 Å². The van der Waals surface area contributed by atoms with E-state index in [1.165, 1.54) is 18.3 Å². The van der Waals surface area contributed by atoms with Gasteiger partial charge in [0.15, 0.2) is 5.78 Å². The Morgan fingerprint density at radius 3 is 2.36 bits per heavy atom. The maximum absolute atomic E-state index is 14.1. The van der Waals surface area contributed by atoms with Gasteiger partial charge in [0.2, 0.25) is 5.91 Å². The fourth-order valence-electron chi connectivity index (χ4n) is 6.38. The Labute approximate surface area is 247 Å². The van der Waals surface area contributed by atoms with Crippen molar-refractivity contribution in [2.45, 2.75) is 56.8 Å². The molecule has 0 spiro atoms. The maximum Gasteiger partial charge on any atom is 0.261 e. The number of ether oxygens (including phenoxy) is 1. The van der Waals surface area contributed by atoms with Crippen molar-refractivity contribution in [3.8, 4) is 11.5 Å². The number of hydrogen-bond acceptors (Lipinski definition) is 8.